The third-order valence-electron chi connectivity index (χ3n) is 4.15. The van der Waals surface area contributed by atoms with E-state index in [1.165, 1.54) is 0 Å². The molecule has 5 nitrogen and oxygen atoms in total. The van der Waals surface area contributed by atoms with Gasteiger partial charge in [0.1, 0.15) is 5.92 Å². The zero-order valence-corrected chi connectivity index (χ0v) is 9.94. The van der Waals surface area contributed by atoms with Gasteiger partial charge in [0.25, 0.3) is 0 Å². The lowest BCUT2D eigenvalue weighted by Crippen LogP contribution is -2.69. The van der Waals surface area contributed by atoms with E-state index in [4.69, 9.17) is 5.26 Å². The molecule has 0 aromatic heterocycles. The largest absolute Gasteiger partial charge is 0.387 e. The molecule has 94 valence electrons. The predicted octanol–water partition coefficient (Wildman–Crippen LogP) is 0.0708. The molecule has 17 heavy (non-hydrogen) atoms. The average Bonchev–Trinajstić information content (AvgIpc) is 2.21. The Morgan fingerprint density at radius 1 is 1.41 bits per heavy atom. The molecule has 2 aliphatic rings. The molecule has 0 saturated heterocycles. The van der Waals surface area contributed by atoms with Crippen molar-refractivity contribution in [1.82, 2.24) is 5.32 Å². The Hall–Kier alpha value is -1.12. The molecule has 2 fully saturated rings. The highest BCUT2D eigenvalue weighted by atomic mass is 16.4. The van der Waals surface area contributed by atoms with E-state index in [1.54, 1.807) is 6.92 Å². The van der Waals surface area contributed by atoms with E-state index in [1.807, 2.05) is 6.07 Å². The van der Waals surface area contributed by atoms with E-state index in [0.29, 0.717) is 25.7 Å². The molecule has 0 bridgehead atoms. The summed E-state index contributed by atoms with van der Waals surface area (Å²) in [5.41, 5.74) is -1.99. The number of aliphatic hydroxyl groups is 2. The van der Waals surface area contributed by atoms with E-state index >= 15 is 0 Å². The van der Waals surface area contributed by atoms with Crippen LogP contribution in [0.4, 0.5) is 0 Å². The lowest BCUT2D eigenvalue weighted by atomic mass is 9.58. The zero-order chi connectivity index (χ0) is 12.7. The van der Waals surface area contributed by atoms with Crippen LogP contribution in [-0.4, -0.2) is 33.4 Å². The van der Waals surface area contributed by atoms with Crippen molar-refractivity contribution in [2.75, 3.05) is 0 Å². The molecule has 2 rings (SSSR count). The highest BCUT2D eigenvalue weighted by molar-refractivity contribution is 5.81. The lowest BCUT2D eigenvalue weighted by molar-refractivity contribution is -0.232. The Bertz CT molecular complexity index is 364. The Labute approximate surface area is 100 Å². The van der Waals surface area contributed by atoms with Gasteiger partial charge < -0.3 is 15.5 Å². The number of amides is 1. The Morgan fingerprint density at radius 3 is 2.41 bits per heavy atom. The molecule has 3 N–H and O–H groups in total. The fraction of sp³-hybridized carbons (Fsp3) is 0.833. The molecule has 0 aromatic carbocycles. The summed E-state index contributed by atoms with van der Waals surface area (Å²) in [5, 5.41) is 31.6. The smallest absolute Gasteiger partial charge is 0.237 e. The maximum absolute atomic E-state index is 11.4. The van der Waals surface area contributed by atoms with Crippen LogP contribution in [0.3, 0.4) is 0 Å². The maximum Gasteiger partial charge on any atom is 0.237 e. The van der Waals surface area contributed by atoms with Gasteiger partial charge in [-0.2, -0.15) is 5.26 Å². The Kier molecular flexibility index (Phi) is 2.88. The number of rotatable bonds is 3. The van der Waals surface area contributed by atoms with Crippen LogP contribution in [0.15, 0.2) is 0 Å². The minimum absolute atomic E-state index is 0.118. The van der Waals surface area contributed by atoms with Gasteiger partial charge in [-0.15, -0.1) is 0 Å². The van der Waals surface area contributed by atoms with Crippen LogP contribution in [0.25, 0.3) is 0 Å². The van der Waals surface area contributed by atoms with Crippen LogP contribution in [0.5, 0.6) is 0 Å². The van der Waals surface area contributed by atoms with Gasteiger partial charge in [0.2, 0.25) is 5.91 Å². The molecule has 0 spiro atoms. The number of nitrogens with one attached hydrogen (secondary N) is 1. The van der Waals surface area contributed by atoms with Crippen LogP contribution >= 0.6 is 0 Å². The summed E-state index contributed by atoms with van der Waals surface area (Å²) in [6.07, 6.45) is 2.99. The molecular formula is C12H18N2O3. The zero-order valence-electron chi connectivity index (χ0n) is 9.94. The Balaban J connectivity index is 1.83. The van der Waals surface area contributed by atoms with Crippen molar-refractivity contribution in [1.29, 1.82) is 5.26 Å². The van der Waals surface area contributed by atoms with Crippen molar-refractivity contribution >= 4 is 5.91 Å². The molecule has 0 radical (unpaired) electrons. The van der Waals surface area contributed by atoms with E-state index < -0.39 is 17.1 Å². The summed E-state index contributed by atoms with van der Waals surface area (Å²) in [6, 6.07) is 1.75. The van der Waals surface area contributed by atoms with Gasteiger partial charge in [0, 0.05) is 6.04 Å². The number of hydrogen-bond donors (Lipinski definition) is 3. The third kappa shape index (κ3) is 1.92. The fourth-order valence-electron chi connectivity index (χ4n) is 2.60. The SMILES string of the molecule is CC(C#N)C(=O)NC1CC(O)(C2(O)CCC2)C1. The first-order valence-corrected chi connectivity index (χ1v) is 6.05. The Morgan fingerprint density at radius 2 is 2.00 bits per heavy atom. The average molecular weight is 238 g/mol. The van der Waals surface area contributed by atoms with Crippen LogP contribution in [0, 0.1) is 17.2 Å². The van der Waals surface area contributed by atoms with Gasteiger partial charge in [-0.3, -0.25) is 4.79 Å². The van der Waals surface area contributed by atoms with Gasteiger partial charge >= 0.3 is 0 Å². The van der Waals surface area contributed by atoms with Gasteiger partial charge in [0.15, 0.2) is 0 Å². The molecule has 2 saturated carbocycles. The second-order valence-corrected chi connectivity index (χ2v) is 5.38. The van der Waals surface area contributed by atoms with Crippen LogP contribution in [0.2, 0.25) is 0 Å². The standard InChI is InChI=1S/C12H18N2O3/c1-8(7-13)10(15)14-9-5-12(17,6-9)11(16)3-2-4-11/h8-9,16-17H,2-6H2,1H3,(H,14,15). The molecule has 0 aliphatic heterocycles. The van der Waals surface area contributed by atoms with Crippen molar-refractivity contribution in [3.8, 4) is 6.07 Å². The van der Waals surface area contributed by atoms with E-state index in [9.17, 15) is 15.0 Å². The van der Waals surface area contributed by atoms with E-state index in [-0.39, 0.29) is 11.9 Å². The minimum Gasteiger partial charge on any atom is -0.387 e. The van der Waals surface area contributed by atoms with Crippen molar-refractivity contribution < 1.29 is 15.0 Å². The summed E-state index contributed by atoms with van der Waals surface area (Å²) in [6.45, 7) is 1.54. The van der Waals surface area contributed by atoms with Crippen LogP contribution < -0.4 is 5.32 Å². The minimum atomic E-state index is -1.04. The number of carbonyl (C=O) groups is 1. The van der Waals surface area contributed by atoms with Gasteiger partial charge in [-0.25, -0.2) is 0 Å². The molecule has 1 amide bonds. The number of carbonyl (C=O) groups excluding carboxylic acids is 1. The lowest BCUT2D eigenvalue weighted by Gasteiger charge is -2.57. The summed E-state index contributed by atoms with van der Waals surface area (Å²) in [7, 11) is 0. The first kappa shape index (κ1) is 12.3. The normalized spacial score (nSPS) is 36.0. The summed E-state index contributed by atoms with van der Waals surface area (Å²) >= 11 is 0. The number of hydrogen-bond acceptors (Lipinski definition) is 4. The molecule has 0 aromatic rings. The predicted molar refractivity (Wildman–Crippen MR) is 59.7 cm³/mol. The molecular weight excluding hydrogens is 220 g/mol. The quantitative estimate of drug-likeness (QED) is 0.648. The summed E-state index contributed by atoms with van der Waals surface area (Å²) in [5.74, 6) is -0.976. The molecule has 1 atom stereocenters. The van der Waals surface area contributed by atoms with E-state index in [0.717, 1.165) is 6.42 Å². The van der Waals surface area contributed by atoms with Gasteiger partial charge in [-0.1, -0.05) is 0 Å². The second-order valence-electron chi connectivity index (χ2n) is 5.38. The van der Waals surface area contributed by atoms with Crippen molar-refractivity contribution in [3.63, 3.8) is 0 Å². The molecule has 0 heterocycles. The van der Waals surface area contributed by atoms with Crippen molar-refractivity contribution in [3.05, 3.63) is 0 Å². The van der Waals surface area contributed by atoms with Crippen LogP contribution in [0.1, 0.15) is 39.0 Å². The molecule has 2 aliphatic carbocycles. The van der Waals surface area contributed by atoms with E-state index in [2.05, 4.69) is 5.32 Å². The number of nitriles is 1. The van der Waals surface area contributed by atoms with Crippen LogP contribution in [-0.2, 0) is 4.79 Å². The molecule has 5 heteroatoms. The molecule has 1 unspecified atom stereocenters. The van der Waals surface area contributed by atoms with Crippen molar-refractivity contribution in [2.24, 2.45) is 5.92 Å². The monoisotopic (exact) mass is 238 g/mol. The van der Waals surface area contributed by atoms with Crippen molar-refractivity contribution in [2.45, 2.75) is 56.3 Å². The third-order valence-corrected chi connectivity index (χ3v) is 4.15. The van der Waals surface area contributed by atoms with Gasteiger partial charge in [0.05, 0.1) is 17.3 Å². The number of nitrogens with zero attached hydrogens (tertiary/aromatic N) is 1. The fourth-order valence-corrected chi connectivity index (χ4v) is 2.60. The van der Waals surface area contributed by atoms with Gasteiger partial charge in [-0.05, 0) is 39.0 Å². The highest BCUT2D eigenvalue weighted by Crippen LogP contribution is 2.50. The first-order chi connectivity index (χ1) is 7.90. The topological polar surface area (TPSA) is 93.4 Å². The summed E-state index contributed by atoms with van der Waals surface area (Å²) in [4.78, 5) is 11.4. The second kappa shape index (κ2) is 3.97. The summed E-state index contributed by atoms with van der Waals surface area (Å²) < 4.78 is 0. The first-order valence-electron chi connectivity index (χ1n) is 6.05. The highest BCUT2D eigenvalue weighted by Gasteiger charge is 2.59. The maximum atomic E-state index is 11.4.